The molecule has 0 fully saturated rings. The van der Waals surface area contributed by atoms with E-state index in [1.807, 2.05) is 0 Å². The number of rotatable bonds is 10. The van der Waals surface area contributed by atoms with Gasteiger partial charge >= 0.3 is 0 Å². The standard InChI is InChI=1S/C17H30N4O/c1-18-17(20-12-8-14-22-3)19-11-7-13-21(2)15-16-9-5-4-6-10-16/h4-6,9-10H,7-8,11-15H2,1-3H3,(H2,18,19,20). The van der Waals surface area contributed by atoms with Crippen LogP contribution in [0.5, 0.6) is 0 Å². The molecule has 22 heavy (non-hydrogen) atoms. The lowest BCUT2D eigenvalue weighted by atomic mass is 10.2. The summed E-state index contributed by atoms with van der Waals surface area (Å²) in [6.45, 7) is 4.62. The third-order valence-electron chi connectivity index (χ3n) is 3.35. The van der Waals surface area contributed by atoms with Crippen LogP contribution in [-0.4, -0.2) is 58.3 Å². The fraction of sp³-hybridized carbons (Fsp3) is 0.588. The highest BCUT2D eigenvalue weighted by atomic mass is 16.5. The second-order valence-electron chi connectivity index (χ2n) is 5.35. The van der Waals surface area contributed by atoms with Gasteiger partial charge in [0.2, 0.25) is 0 Å². The van der Waals surface area contributed by atoms with Gasteiger partial charge in [-0.25, -0.2) is 0 Å². The predicted molar refractivity (Wildman–Crippen MR) is 93.3 cm³/mol. The van der Waals surface area contributed by atoms with Crippen LogP contribution in [0.1, 0.15) is 18.4 Å². The quantitative estimate of drug-likeness (QED) is 0.392. The van der Waals surface area contributed by atoms with E-state index >= 15 is 0 Å². The molecule has 0 atom stereocenters. The lowest BCUT2D eigenvalue weighted by molar-refractivity contribution is 0.195. The largest absolute Gasteiger partial charge is 0.385 e. The molecule has 0 bridgehead atoms. The molecule has 1 aromatic rings. The second kappa shape index (κ2) is 12.0. The van der Waals surface area contributed by atoms with Crippen molar-refractivity contribution in [1.82, 2.24) is 15.5 Å². The molecule has 0 spiro atoms. The van der Waals surface area contributed by atoms with Crippen molar-refractivity contribution >= 4 is 5.96 Å². The molecule has 5 heteroatoms. The van der Waals surface area contributed by atoms with Crippen LogP contribution in [0, 0.1) is 0 Å². The number of aliphatic imine (C=N–C) groups is 1. The maximum absolute atomic E-state index is 5.03. The van der Waals surface area contributed by atoms with Crippen LogP contribution < -0.4 is 10.6 Å². The first-order chi connectivity index (χ1) is 10.8. The molecule has 0 aliphatic heterocycles. The summed E-state index contributed by atoms with van der Waals surface area (Å²) < 4.78 is 5.03. The van der Waals surface area contributed by atoms with Gasteiger partial charge in [-0.3, -0.25) is 4.99 Å². The summed E-state index contributed by atoms with van der Waals surface area (Å²) in [5.41, 5.74) is 1.36. The fourth-order valence-corrected chi connectivity index (χ4v) is 2.17. The maximum atomic E-state index is 5.03. The van der Waals surface area contributed by atoms with E-state index in [1.54, 1.807) is 14.2 Å². The van der Waals surface area contributed by atoms with Crippen molar-refractivity contribution < 1.29 is 4.74 Å². The van der Waals surface area contributed by atoms with Gasteiger partial charge in [-0.2, -0.15) is 0 Å². The first-order valence-electron chi connectivity index (χ1n) is 7.92. The molecule has 0 heterocycles. The van der Waals surface area contributed by atoms with E-state index in [1.165, 1.54) is 5.56 Å². The highest BCUT2D eigenvalue weighted by Crippen LogP contribution is 2.02. The zero-order valence-electron chi connectivity index (χ0n) is 14.1. The molecule has 2 N–H and O–H groups in total. The Morgan fingerprint density at radius 3 is 2.45 bits per heavy atom. The Bertz CT molecular complexity index is 408. The molecular weight excluding hydrogens is 276 g/mol. The number of hydrogen-bond acceptors (Lipinski definition) is 3. The number of hydrogen-bond donors (Lipinski definition) is 2. The van der Waals surface area contributed by atoms with Crippen molar-refractivity contribution in [3.05, 3.63) is 35.9 Å². The number of guanidine groups is 1. The van der Waals surface area contributed by atoms with Crippen molar-refractivity contribution in [2.24, 2.45) is 4.99 Å². The van der Waals surface area contributed by atoms with Gasteiger partial charge in [0.1, 0.15) is 0 Å². The van der Waals surface area contributed by atoms with Crippen molar-refractivity contribution in [2.45, 2.75) is 19.4 Å². The Balaban J connectivity index is 2.10. The molecule has 5 nitrogen and oxygen atoms in total. The molecule has 0 saturated heterocycles. The maximum Gasteiger partial charge on any atom is 0.190 e. The number of methoxy groups -OCH3 is 1. The molecule has 0 unspecified atom stereocenters. The molecule has 0 aliphatic rings. The minimum atomic E-state index is 0.772. The molecule has 1 aromatic carbocycles. The van der Waals surface area contributed by atoms with Gasteiger partial charge < -0.3 is 20.3 Å². The molecule has 0 saturated carbocycles. The van der Waals surface area contributed by atoms with Crippen LogP contribution in [0.4, 0.5) is 0 Å². The number of nitrogens with zero attached hydrogens (tertiary/aromatic N) is 2. The average Bonchev–Trinajstić information content (AvgIpc) is 2.54. The van der Waals surface area contributed by atoms with Crippen molar-refractivity contribution in [2.75, 3.05) is 47.4 Å². The molecule has 0 amide bonds. The Morgan fingerprint density at radius 1 is 1.14 bits per heavy atom. The smallest absolute Gasteiger partial charge is 0.190 e. The minimum Gasteiger partial charge on any atom is -0.385 e. The molecule has 0 aliphatic carbocycles. The Kier molecular flexibility index (Phi) is 10.1. The molecule has 0 aromatic heterocycles. The van der Waals surface area contributed by atoms with Crippen LogP contribution in [0.25, 0.3) is 0 Å². The van der Waals surface area contributed by atoms with Crippen LogP contribution in [0.15, 0.2) is 35.3 Å². The Labute approximate surface area is 134 Å². The minimum absolute atomic E-state index is 0.772. The fourth-order valence-electron chi connectivity index (χ4n) is 2.17. The van der Waals surface area contributed by atoms with Crippen LogP contribution in [-0.2, 0) is 11.3 Å². The van der Waals surface area contributed by atoms with Crippen molar-refractivity contribution in [3.63, 3.8) is 0 Å². The van der Waals surface area contributed by atoms with Gasteiger partial charge in [0.05, 0.1) is 0 Å². The highest BCUT2D eigenvalue weighted by Gasteiger charge is 2.01. The lowest BCUT2D eigenvalue weighted by Crippen LogP contribution is -2.39. The number of nitrogens with one attached hydrogen (secondary N) is 2. The third-order valence-corrected chi connectivity index (χ3v) is 3.35. The van der Waals surface area contributed by atoms with Gasteiger partial charge in [0.15, 0.2) is 5.96 Å². The van der Waals surface area contributed by atoms with E-state index in [9.17, 15) is 0 Å². The molecule has 1 rings (SSSR count). The molecule has 124 valence electrons. The zero-order chi connectivity index (χ0) is 16.0. The van der Waals surface area contributed by atoms with Crippen molar-refractivity contribution in [1.29, 1.82) is 0 Å². The summed E-state index contributed by atoms with van der Waals surface area (Å²) in [4.78, 5) is 6.55. The van der Waals surface area contributed by atoms with Gasteiger partial charge in [-0.15, -0.1) is 0 Å². The zero-order valence-corrected chi connectivity index (χ0v) is 14.1. The van der Waals surface area contributed by atoms with E-state index in [4.69, 9.17) is 4.74 Å². The van der Waals surface area contributed by atoms with E-state index < -0.39 is 0 Å². The topological polar surface area (TPSA) is 48.9 Å². The average molecular weight is 306 g/mol. The number of benzene rings is 1. The third kappa shape index (κ3) is 8.64. The Morgan fingerprint density at radius 2 is 1.82 bits per heavy atom. The summed E-state index contributed by atoms with van der Waals surface area (Å²) in [5, 5.41) is 6.61. The monoisotopic (exact) mass is 306 g/mol. The normalized spacial score (nSPS) is 11.7. The first-order valence-corrected chi connectivity index (χ1v) is 7.92. The SMILES string of the molecule is CN=C(NCCCOC)NCCCN(C)Cc1ccccc1. The number of ether oxygens (including phenoxy) is 1. The van der Waals surface area contributed by atoms with E-state index in [0.29, 0.717) is 0 Å². The lowest BCUT2D eigenvalue weighted by Gasteiger charge is -2.17. The second-order valence-corrected chi connectivity index (χ2v) is 5.35. The first kappa shape index (κ1) is 18.5. The van der Waals surface area contributed by atoms with E-state index in [-0.39, 0.29) is 0 Å². The van der Waals surface area contributed by atoms with Crippen LogP contribution >= 0.6 is 0 Å². The summed E-state index contributed by atoms with van der Waals surface area (Å²) in [6, 6.07) is 10.6. The van der Waals surface area contributed by atoms with Gasteiger partial charge in [-0.05, 0) is 32.0 Å². The predicted octanol–water partition coefficient (Wildman–Crippen LogP) is 1.71. The van der Waals surface area contributed by atoms with E-state index in [2.05, 4.69) is 57.9 Å². The summed E-state index contributed by atoms with van der Waals surface area (Å²) in [7, 11) is 5.68. The summed E-state index contributed by atoms with van der Waals surface area (Å²) in [5.74, 6) is 0.863. The van der Waals surface area contributed by atoms with Gasteiger partial charge in [0.25, 0.3) is 0 Å². The molecular formula is C17H30N4O. The van der Waals surface area contributed by atoms with Crippen molar-refractivity contribution in [3.8, 4) is 0 Å². The Hall–Kier alpha value is -1.59. The van der Waals surface area contributed by atoms with Gasteiger partial charge in [-0.1, -0.05) is 30.3 Å². The van der Waals surface area contributed by atoms with E-state index in [0.717, 1.165) is 51.6 Å². The molecule has 0 radical (unpaired) electrons. The van der Waals surface area contributed by atoms with Gasteiger partial charge in [0, 0.05) is 40.4 Å². The summed E-state index contributed by atoms with van der Waals surface area (Å²) in [6.07, 6.45) is 2.07. The van der Waals surface area contributed by atoms with Crippen LogP contribution in [0.3, 0.4) is 0 Å². The van der Waals surface area contributed by atoms with Crippen LogP contribution in [0.2, 0.25) is 0 Å². The highest BCUT2D eigenvalue weighted by molar-refractivity contribution is 5.79. The summed E-state index contributed by atoms with van der Waals surface area (Å²) >= 11 is 0.